The van der Waals surface area contributed by atoms with E-state index in [1.54, 1.807) is 0 Å². The summed E-state index contributed by atoms with van der Waals surface area (Å²) in [4.78, 5) is 16.2. The number of aliphatic hydroxyl groups is 2. The normalized spacial score (nSPS) is 19.4. The van der Waals surface area contributed by atoms with E-state index in [0.29, 0.717) is 0 Å². The van der Waals surface area contributed by atoms with Crippen molar-refractivity contribution in [2.75, 3.05) is 13.2 Å². The lowest BCUT2D eigenvalue weighted by Crippen LogP contribution is -2.64. The Morgan fingerprint density at radius 1 is 0.741 bits per heavy atom. The molecular weight excluding hydrogens is 846 g/mol. The van der Waals surface area contributed by atoms with Crippen molar-refractivity contribution in [3.8, 4) is 0 Å². The van der Waals surface area contributed by atoms with Gasteiger partial charge in [0.15, 0.2) is 30.4 Å². The van der Waals surface area contributed by atoms with E-state index in [1.807, 2.05) is 0 Å². The fraction of sp³-hybridized carbons (Fsp3) is 0.432. The zero-order valence-corrected chi connectivity index (χ0v) is 32.0. The summed E-state index contributed by atoms with van der Waals surface area (Å²) in [7, 11) is -6.22. The molecular formula is C37H37F11O8S2. The molecule has 0 bridgehead atoms. The fourth-order valence-electron chi connectivity index (χ4n) is 5.87. The van der Waals surface area contributed by atoms with Gasteiger partial charge in [0, 0.05) is 11.8 Å². The topological polar surface area (TPSA) is 133 Å². The van der Waals surface area contributed by atoms with Gasteiger partial charge in [-0.2, -0.15) is 48.3 Å². The number of carbonyl (C=O) groups excluding carboxylic acids is 1. The average Bonchev–Trinajstić information content (AvgIpc) is 3.11. The van der Waals surface area contributed by atoms with E-state index >= 15 is 0 Å². The first-order valence-corrected chi connectivity index (χ1v) is 19.4. The Morgan fingerprint density at radius 3 is 1.59 bits per heavy atom. The molecule has 0 spiro atoms. The van der Waals surface area contributed by atoms with Gasteiger partial charge in [0.25, 0.3) is 5.60 Å². The van der Waals surface area contributed by atoms with Crippen LogP contribution in [0.3, 0.4) is 0 Å². The van der Waals surface area contributed by atoms with Gasteiger partial charge in [0.2, 0.25) is 0 Å². The summed E-state index contributed by atoms with van der Waals surface area (Å²) in [6.07, 6.45) is -25.1. The van der Waals surface area contributed by atoms with E-state index in [4.69, 9.17) is 0 Å². The van der Waals surface area contributed by atoms with Gasteiger partial charge < -0.3 is 24.2 Å². The lowest BCUT2D eigenvalue weighted by Gasteiger charge is -2.47. The van der Waals surface area contributed by atoms with Gasteiger partial charge in [-0.3, -0.25) is 0 Å². The maximum absolute atomic E-state index is 13.4. The first-order chi connectivity index (χ1) is 26.4. The second-order valence-corrected chi connectivity index (χ2v) is 17.0. The molecule has 2 N–H and O–H groups in total. The van der Waals surface area contributed by atoms with E-state index in [9.17, 15) is 76.3 Å². The lowest BCUT2D eigenvalue weighted by atomic mass is 9.66. The molecule has 0 heterocycles. The highest BCUT2D eigenvalue weighted by Gasteiger charge is 2.75. The molecule has 58 heavy (non-hydrogen) atoms. The molecule has 1 saturated carbocycles. The van der Waals surface area contributed by atoms with Crippen molar-refractivity contribution in [3.63, 3.8) is 0 Å². The van der Waals surface area contributed by atoms with Crippen LogP contribution in [-0.4, -0.2) is 83.5 Å². The monoisotopic (exact) mass is 882 g/mol. The number of esters is 1. The van der Waals surface area contributed by atoms with E-state index in [2.05, 4.69) is 108 Å². The molecule has 0 radical (unpaired) electrons. The number of hydrogen-bond acceptors (Lipinski definition) is 8. The van der Waals surface area contributed by atoms with E-state index in [1.165, 1.54) is 20.2 Å². The number of rotatable bonds is 12. The molecule has 8 nitrogen and oxygen atoms in total. The van der Waals surface area contributed by atoms with Crippen LogP contribution >= 0.6 is 0 Å². The van der Waals surface area contributed by atoms with Crippen LogP contribution in [0.15, 0.2) is 112 Å². The Labute approximate surface area is 328 Å². The summed E-state index contributed by atoms with van der Waals surface area (Å²) in [5.41, 5.74) is -9.20. The van der Waals surface area contributed by atoms with E-state index in [0.717, 1.165) is 0 Å². The van der Waals surface area contributed by atoms with Crippen molar-refractivity contribution in [2.24, 2.45) is 11.8 Å². The second-order valence-electron chi connectivity index (χ2n) is 13.5. The third kappa shape index (κ3) is 11.5. The number of carbonyl (C=O) groups is 1. The summed E-state index contributed by atoms with van der Waals surface area (Å²) in [5.74, 6) is -7.36. The summed E-state index contributed by atoms with van der Waals surface area (Å²) in [5, 5.41) is 14.6. The van der Waals surface area contributed by atoms with Gasteiger partial charge in [-0.25, -0.2) is 13.2 Å². The fourth-order valence-corrected chi connectivity index (χ4v) is 8.18. The van der Waals surface area contributed by atoms with Gasteiger partial charge in [-0.05, 0) is 69.5 Å². The summed E-state index contributed by atoms with van der Waals surface area (Å²) < 4.78 is 186. The Balaban J connectivity index is 0.000000372. The predicted molar refractivity (Wildman–Crippen MR) is 185 cm³/mol. The van der Waals surface area contributed by atoms with Crippen LogP contribution in [0.4, 0.5) is 48.3 Å². The first-order valence-electron chi connectivity index (χ1n) is 16.8. The van der Waals surface area contributed by atoms with Gasteiger partial charge in [-0.15, -0.1) is 0 Å². The number of halogens is 11. The minimum atomic E-state index is -6.47. The van der Waals surface area contributed by atoms with E-state index < -0.39 is 107 Å². The molecule has 3 aromatic carbocycles. The highest BCUT2D eigenvalue weighted by atomic mass is 32.2. The maximum Gasteiger partial charge on any atom is 0.426 e. The number of hydrogen-bond donors (Lipinski definition) is 2. The molecule has 1 aliphatic rings. The van der Waals surface area contributed by atoms with E-state index in [-0.39, 0.29) is 17.8 Å². The Morgan fingerprint density at radius 2 is 1.17 bits per heavy atom. The van der Waals surface area contributed by atoms with Crippen LogP contribution in [0, 0.1) is 18.8 Å². The van der Waals surface area contributed by atoms with Crippen molar-refractivity contribution in [1.82, 2.24) is 0 Å². The van der Waals surface area contributed by atoms with Crippen LogP contribution in [-0.2, 0) is 35.3 Å². The van der Waals surface area contributed by atoms with Crippen LogP contribution in [0.2, 0.25) is 0 Å². The second kappa shape index (κ2) is 18.2. The highest BCUT2D eigenvalue weighted by Crippen LogP contribution is 2.55. The maximum atomic E-state index is 13.4. The minimum absolute atomic E-state index is 0.0229. The molecule has 1 aliphatic carbocycles. The van der Waals surface area contributed by atoms with Crippen LogP contribution in [0.25, 0.3) is 0 Å². The van der Waals surface area contributed by atoms with Crippen molar-refractivity contribution in [3.05, 3.63) is 103 Å². The van der Waals surface area contributed by atoms with Gasteiger partial charge >= 0.3 is 29.8 Å². The number of benzene rings is 3. The molecule has 3 aromatic rings. The van der Waals surface area contributed by atoms with Crippen molar-refractivity contribution in [2.45, 2.75) is 88.9 Å². The lowest BCUT2D eigenvalue weighted by molar-refractivity contribution is -0.391. The summed E-state index contributed by atoms with van der Waals surface area (Å²) >= 11 is 0. The first kappa shape index (κ1) is 48.6. The smallest absolute Gasteiger partial charge is 0.426 e. The van der Waals surface area contributed by atoms with Crippen LogP contribution in [0.1, 0.15) is 31.7 Å². The summed E-state index contributed by atoms with van der Waals surface area (Å²) in [6.45, 7) is 1.72. The molecule has 4 unspecified atom stereocenters. The summed E-state index contributed by atoms with van der Waals surface area (Å²) in [6, 6.07) is 30.4. The standard InChI is InChI=1S/C19H17S.C18H21F11O8S/c1-16-12-14-19(15-13-16)20(17-8-4-2-5-9-17)18-10-6-3-7-11-18;1-8(6-36-7-14(19,20)38(33,34)35)12(30)37-11-4-9(13(2,31)16(21,22)23)3-10(5-11)15(32,17(24,25)26)18(27,28)29/h2-15H,1H3;9-11,31-32H,1,3-7H2,2H3,(H,33,34,35)/q+1;/p-1. The number of ether oxygens (including phenoxy) is 2. The molecule has 4 rings (SSSR count). The Hall–Kier alpha value is -3.76. The zero-order valence-electron chi connectivity index (χ0n) is 30.4. The molecule has 4 atom stereocenters. The minimum Gasteiger partial charge on any atom is -0.743 e. The molecule has 0 aliphatic heterocycles. The zero-order chi connectivity index (χ0) is 44.1. The van der Waals surface area contributed by atoms with Gasteiger partial charge in [0.1, 0.15) is 12.7 Å². The van der Waals surface area contributed by atoms with Gasteiger partial charge in [0.05, 0.1) is 23.1 Å². The highest BCUT2D eigenvalue weighted by molar-refractivity contribution is 7.97. The van der Waals surface area contributed by atoms with Crippen molar-refractivity contribution < 1.29 is 85.7 Å². The Bertz CT molecular complexity index is 1880. The van der Waals surface area contributed by atoms with Crippen molar-refractivity contribution >= 4 is 27.0 Å². The predicted octanol–water partition coefficient (Wildman–Crippen LogP) is 8.28. The molecule has 0 aromatic heterocycles. The van der Waals surface area contributed by atoms with Gasteiger partial charge in [-0.1, -0.05) is 60.7 Å². The SMILES string of the molecule is C=C(COCC(F)(F)S(=O)(=O)[O-])C(=O)OC1CC(C(C)(O)C(F)(F)F)CC(C(O)(C(F)(F)F)C(F)(F)F)C1.Cc1ccc([S+](c2ccccc2)c2ccccc2)cc1. The number of alkyl halides is 11. The van der Waals surface area contributed by atoms with Crippen LogP contribution in [0.5, 0.6) is 0 Å². The molecule has 0 saturated heterocycles. The van der Waals surface area contributed by atoms with Crippen LogP contribution < -0.4 is 0 Å². The average molecular weight is 883 g/mol. The third-order valence-corrected chi connectivity index (χ3v) is 12.3. The molecule has 322 valence electrons. The van der Waals surface area contributed by atoms with Crippen molar-refractivity contribution in [1.29, 1.82) is 0 Å². The molecule has 1 fully saturated rings. The third-order valence-electron chi connectivity index (χ3n) is 9.18. The molecule has 0 amide bonds. The quantitative estimate of drug-likeness (QED) is 0.0611. The Kier molecular flexibility index (Phi) is 15.3. The number of aryl methyl sites for hydroxylation is 1. The molecule has 21 heteroatoms. The largest absolute Gasteiger partial charge is 0.743 e.